The van der Waals surface area contributed by atoms with Crippen molar-refractivity contribution >= 4 is 27.7 Å². The Morgan fingerprint density at radius 1 is 1.03 bits per heavy atom. The number of rotatable bonds is 10. The lowest BCUT2D eigenvalue weighted by Gasteiger charge is -2.17. The number of ether oxygens (including phenoxy) is 2. The topological polar surface area (TPSA) is 67.9 Å². The van der Waals surface area contributed by atoms with Crippen LogP contribution in [0.25, 0.3) is 0 Å². The Morgan fingerprint density at radius 3 is 2.38 bits per heavy atom. The van der Waals surface area contributed by atoms with Gasteiger partial charge in [-0.1, -0.05) is 30.3 Å². The normalized spacial score (nSPS) is 10.3. The number of amides is 2. The predicted molar refractivity (Wildman–Crippen MR) is 116 cm³/mol. The lowest BCUT2D eigenvalue weighted by molar-refractivity contribution is -0.134. The molecule has 0 fully saturated rings. The molecule has 0 saturated carbocycles. The Kier molecular flexibility index (Phi) is 8.99. The van der Waals surface area contributed by atoms with Crippen LogP contribution < -0.4 is 14.8 Å². The summed E-state index contributed by atoms with van der Waals surface area (Å²) >= 11 is 3.43. The van der Waals surface area contributed by atoms with Gasteiger partial charge in [-0.3, -0.25) is 9.59 Å². The fourth-order valence-electron chi connectivity index (χ4n) is 2.90. The molecule has 2 aromatic rings. The van der Waals surface area contributed by atoms with Crippen LogP contribution in [0.3, 0.4) is 0 Å². The lowest BCUT2D eigenvalue weighted by atomic mass is 10.1. The van der Waals surface area contributed by atoms with Gasteiger partial charge in [0.15, 0.2) is 0 Å². The maximum Gasteiger partial charge on any atom is 0.239 e. The third-order valence-electron chi connectivity index (χ3n) is 4.55. The molecule has 0 unspecified atom stereocenters. The van der Waals surface area contributed by atoms with E-state index in [4.69, 9.17) is 9.47 Å². The second kappa shape index (κ2) is 11.5. The van der Waals surface area contributed by atoms with E-state index in [1.807, 2.05) is 42.5 Å². The molecule has 0 saturated heterocycles. The van der Waals surface area contributed by atoms with Crippen molar-refractivity contribution in [3.05, 3.63) is 58.1 Å². The number of carbonyl (C=O) groups excluding carboxylic acids is 2. The van der Waals surface area contributed by atoms with Crippen molar-refractivity contribution < 1.29 is 19.1 Å². The van der Waals surface area contributed by atoms with E-state index < -0.39 is 0 Å². The molecule has 0 aromatic heterocycles. The van der Waals surface area contributed by atoms with Crippen molar-refractivity contribution in [2.75, 3.05) is 34.4 Å². The van der Waals surface area contributed by atoms with Crippen LogP contribution in [0.15, 0.2) is 46.9 Å². The Hall–Kier alpha value is -2.54. The Labute approximate surface area is 180 Å². The number of likely N-dealkylation sites (N-methyl/N-ethyl adjacent to an activating group) is 1. The standard InChI is InChI=1S/C22H27BrN2O4/c1-25(22(27)10-9-16-7-5-4-6-8-16)15-21(26)24-12-11-17-13-20(29-3)18(23)14-19(17)28-2/h4-8,13-14H,9-12,15H2,1-3H3,(H,24,26). The number of hydrogen-bond acceptors (Lipinski definition) is 4. The smallest absolute Gasteiger partial charge is 0.239 e. The van der Waals surface area contributed by atoms with E-state index in [-0.39, 0.29) is 18.4 Å². The first-order chi connectivity index (χ1) is 13.9. The summed E-state index contributed by atoms with van der Waals surface area (Å²) in [6.45, 7) is 0.473. The summed E-state index contributed by atoms with van der Waals surface area (Å²) < 4.78 is 11.5. The maximum atomic E-state index is 12.2. The van der Waals surface area contributed by atoms with E-state index >= 15 is 0 Å². The van der Waals surface area contributed by atoms with Gasteiger partial charge in [0.1, 0.15) is 11.5 Å². The van der Waals surface area contributed by atoms with Crippen molar-refractivity contribution in [1.29, 1.82) is 0 Å². The molecule has 0 aliphatic heterocycles. The Morgan fingerprint density at radius 2 is 1.72 bits per heavy atom. The zero-order chi connectivity index (χ0) is 21.2. The number of nitrogens with zero attached hydrogens (tertiary/aromatic N) is 1. The minimum atomic E-state index is -0.191. The third kappa shape index (κ3) is 7.09. The van der Waals surface area contributed by atoms with Gasteiger partial charge in [-0.15, -0.1) is 0 Å². The van der Waals surface area contributed by atoms with Crippen LogP contribution in [-0.4, -0.2) is 51.1 Å². The van der Waals surface area contributed by atoms with Gasteiger partial charge in [-0.2, -0.15) is 0 Å². The molecular weight excluding hydrogens is 436 g/mol. The molecule has 2 amide bonds. The van der Waals surface area contributed by atoms with E-state index in [2.05, 4.69) is 21.2 Å². The van der Waals surface area contributed by atoms with Crippen LogP contribution in [0.1, 0.15) is 17.5 Å². The zero-order valence-corrected chi connectivity index (χ0v) is 18.6. The maximum absolute atomic E-state index is 12.2. The minimum absolute atomic E-state index is 0.0361. The largest absolute Gasteiger partial charge is 0.496 e. The highest BCUT2D eigenvalue weighted by atomic mass is 79.9. The Bertz CT molecular complexity index is 827. The van der Waals surface area contributed by atoms with E-state index in [1.54, 1.807) is 21.3 Å². The fourth-order valence-corrected chi connectivity index (χ4v) is 3.39. The summed E-state index contributed by atoms with van der Waals surface area (Å²) in [5, 5.41) is 2.85. The van der Waals surface area contributed by atoms with Crippen LogP contribution in [-0.2, 0) is 22.4 Å². The second-order valence-corrected chi connectivity index (χ2v) is 7.49. The van der Waals surface area contributed by atoms with Gasteiger partial charge in [0.25, 0.3) is 0 Å². The molecule has 0 bridgehead atoms. The molecule has 0 aliphatic carbocycles. The number of aryl methyl sites for hydroxylation is 1. The predicted octanol–water partition coefficient (Wildman–Crippen LogP) is 3.22. The first kappa shape index (κ1) is 22.7. The van der Waals surface area contributed by atoms with Gasteiger partial charge in [0.05, 0.1) is 25.2 Å². The number of benzene rings is 2. The van der Waals surface area contributed by atoms with Crippen molar-refractivity contribution in [2.24, 2.45) is 0 Å². The van der Waals surface area contributed by atoms with Crippen molar-refractivity contribution in [3.8, 4) is 11.5 Å². The minimum Gasteiger partial charge on any atom is -0.496 e. The molecule has 0 aliphatic rings. The number of methoxy groups -OCH3 is 2. The quantitative estimate of drug-likeness (QED) is 0.588. The SMILES string of the molecule is COc1cc(CCNC(=O)CN(C)C(=O)CCc2ccccc2)c(OC)cc1Br. The molecule has 2 aromatic carbocycles. The molecule has 29 heavy (non-hydrogen) atoms. The third-order valence-corrected chi connectivity index (χ3v) is 5.17. The molecule has 7 heteroatoms. The highest BCUT2D eigenvalue weighted by molar-refractivity contribution is 9.10. The van der Waals surface area contributed by atoms with Gasteiger partial charge in [-0.05, 0) is 52.0 Å². The van der Waals surface area contributed by atoms with Crippen molar-refractivity contribution in [3.63, 3.8) is 0 Å². The zero-order valence-electron chi connectivity index (χ0n) is 17.0. The van der Waals surface area contributed by atoms with Gasteiger partial charge < -0.3 is 19.7 Å². The molecular formula is C22H27BrN2O4. The summed E-state index contributed by atoms with van der Waals surface area (Å²) in [7, 11) is 4.85. The monoisotopic (exact) mass is 462 g/mol. The molecule has 6 nitrogen and oxygen atoms in total. The van der Waals surface area contributed by atoms with Gasteiger partial charge in [0.2, 0.25) is 11.8 Å². The van der Waals surface area contributed by atoms with E-state index in [9.17, 15) is 9.59 Å². The molecule has 156 valence electrons. The summed E-state index contributed by atoms with van der Waals surface area (Å²) in [6.07, 6.45) is 1.63. The molecule has 0 heterocycles. The molecule has 0 atom stereocenters. The van der Waals surface area contributed by atoms with Crippen LogP contribution in [0, 0.1) is 0 Å². The van der Waals surface area contributed by atoms with Crippen LogP contribution in [0.2, 0.25) is 0 Å². The van der Waals surface area contributed by atoms with E-state index in [0.29, 0.717) is 31.6 Å². The van der Waals surface area contributed by atoms with Gasteiger partial charge in [-0.25, -0.2) is 0 Å². The van der Waals surface area contributed by atoms with Crippen LogP contribution in [0.5, 0.6) is 11.5 Å². The van der Waals surface area contributed by atoms with Crippen molar-refractivity contribution in [1.82, 2.24) is 10.2 Å². The molecule has 1 N–H and O–H groups in total. The van der Waals surface area contributed by atoms with Crippen molar-refractivity contribution in [2.45, 2.75) is 19.3 Å². The van der Waals surface area contributed by atoms with E-state index in [0.717, 1.165) is 21.3 Å². The molecule has 2 rings (SSSR count). The van der Waals surface area contributed by atoms with Crippen LogP contribution in [0.4, 0.5) is 0 Å². The molecule has 0 radical (unpaired) electrons. The highest BCUT2D eigenvalue weighted by Gasteiger charge is 2.14. The fraction of sp³-hybridized carbons (Fsp3) is 0.364. The van der Waals surface area contributed by atoms with Gasteiger partial charge in [0, 0.05) is 20.0 Å². The second-order valence-electron chi connectivity index (χ2n) is 6.63. The average Bonchev–Trinajstić information content (AvgIpc) is 2.73. The number of nitrogens with one attached hydrogen (secondary N) is 1. The molecule has 0 spiro atoms. The first-order valence-electron chi connectivity index (χ1n) is 9.39. The summed E-state index contributed by atoms with van der Waals surface area (Å²) in [4.78, 5) is 25.9. The Balaban J connectivity index is 1.78. The highest BCUT2D eigenvalue weighted by Crippen LogP contribution is 2.32. The van der Waals surface area contributed by atoms with Gasteiger partial charge >= 0.3 is 0 Å². The summed E-state index contributed by atoms with van der Waals surface area (Å²) in [6, 6.07) is 13.6. The number of carbonyl (C=O) groups is 2. The summed E-state index contributed by atoms with van der Waals surface area (Å²) in [5.41, 5.74) is 2.04. The number of hydrogen-bond donors (Lipinski definition) is 1. The van der Waals surface area contributed by atoms with E-state index in [1.165, 1.54) is 4.90 Å². The number of halogens is 1. The van der Waals surface area contributed by atoms with Crippen LogP contribution >= 0.6 is 15.9 Å². The summed E-state index contributed by atoms with van der Waals surface area (Å²) in [5.74, 6) is 1.18. The lowest BCUT2D eigenvalue weighted by Crippen LogP contribution is -2.39. The first-order valence-corrected chi connectivity index (χ1v) is 10.2. The average molecular weight is 463 g/mol.